The Balaban J connectivity index is 2.73. The van der Waals surface area contributed by atoms with E-state index in [0.29, 0.717) is 13.1 Å². The lowest BCUT2D eigenvalue weighted by Gasteiger charge is -2.14. The minimum absolute atomic E-state index is 0.317. The highest BCUT2D eigenvalue weighted by Gasteiger charge is 2.10. The zero-order chi connectivity index (χ0) is 13.7. The first kappa shape index (κ1) is 13.3. The summed E-state index contributed by atoms with van der Waals surface area (Å²) < 4.78 is 5.00. The van der Waals surface area contributed by atoms with Crippen LogP contribution in [0, 0.1) is 0 Å². The van der Waals surface area contributed by atoms with Gasteiger partial charge in [0.1, 0.15) is 6.61 Å². The molecule has 19 heavy (non-hydrogen) atoms. The van der Waals surface area contributed by atoms with Gasteiger partial charge in [0.15, 0.2) is 0 Å². The number of hydrogen-bond acceptors (Lipinski definition) is 2. The molecule has 0 radical (unpaired) electrons. The van der Waals surface area contributed by atoms with E-state index in [0.717, 1.165) is 17.4 Å². The van der Waals surface area contributed by atoms with Crippen molar-refractivity contribution in [3.63, 3.8) is 0 Å². The molecule has 98 valence electrons. The standard InChI is InChI=1S/C17H18O2/c1-3-7-15-13(4-2)10-14-8-5-6-9-16(14)17(15)11-19-12-18/h3,5-10,12H,4,11H2,1-2H3/b7-3-. The van der Waals surface area contributed by atoms with Gasteiger partial charge in [0.2, 0.25) is 0 Å². The first-order valence-electron chi connectivity index (χ1n) is 6.53. The molecule has 0 aromatic heterocycles. The lowest BCUT2D eigenvalue weighted by molar-refractivity contribution is -0.129. The van der Waals surface area contributed by atoms with Gasteiger partial charge >= 0.3 is 0 Å². The number of benzene rings is 2. The number of carbonyl (C=O) groups is 1. The van der Waals surface area contributed by atoms with Gasteiger partial charge in [-0.2, -0.15) is 0 Å². The van der Waals surface area contributed by atoms with E-state index >= 15 is 0 Å². The van der Waals surface area contributed by atoms with Gasteiger partial charge in [0.25, 0.3) is 6.47 Å². The molecule has 2 rings (SSSR count). The molecule has 0 fully saturated rings. The number of aryl methyl sites for hydroxylation is 1. The van der Waals surface area contributed by atoms with Crippen LogP contribution < -0.4 is 0 Å². The van der Waals surface area contributed by atoms with Crippen LogP contribution in [-0.2, 0) is 22.6 Å². The van der Waals surface area contributed by atoms with Crippen molar-refractivity contribution in [2.24, 2.45) is 0 Å². The number of fused-ring (bicyclic) bond motifs is 1. The first-order valence-corrected chi connectivity index (χ1v) is 6.53. The zero-order valence-electron chi connectivity index (χ0n) is 11.3. The Labute approximate surface area is 113 Å². The van der Waals surface area contributed by atoms with Crippen molar-refractivity contribution in [3.05, 3.63) is 53.1 Å². The van der Waals surface area contributed by atoms with Crippen molar-refractivity contribution >= 4 is 23.3 Å². The van der Waals surface area contributed by atoms with Gasteiger partial charge in [-0.25, -0.2) is 0 Å². The lowest BCUT2D eigenvalue weighted by atomic mass is 9.93. The molecule has 0 unspecified atom stereocenters. The third-order valence-corrected chi connectivity index (χ3v) is 3.30. The van der Waals surface area contributed by atoms with Gasteiger partial charge in [-0.05, 0) is 35.2 Å². The summed E-state index contributed by atoms with van der Waals surface area (Å²) in [6.45, 7) is 4.96. The Bertz CT molecular complexity index is 612. The fourth-order valence-electron chi connectivity index (χ4n) is 2.44. The van der Waals surface area contributed by atoms with Crippen LogP contribution in [0.2, 0.25) is 0 Å². The van der Waals surface area contributed by atoms with Crippen molar-refractivity contribution in [2.45, 2.75) is 26.9 Å². The topological polar surface area (TPSA) is 26.3 Å². The molecule has 0 amide bonds. The quantitative estimate of drug-likeness (QED) is 0.751. The predicted molar refractivity (Wildman–Crippen MR) is 78.9 cm³/mol. The van der Waals surface area contributed by atoms with Crippen molar-refractivity contribution in [1.29, 1.82) is 0 Å². The maximum absolute atomic E-state index is 10.5. The van der Waals surface area contributed by atoms with E-state index in [4.69, 9.17) is 4.74 Å². The molecule has 0 N–H and O–H groups in total. The highest BCUT2D eigenvalue weighted by Crippen LogP contribution is 2.28. The van der Waals surface area contributed by atoms with Crippen LogP contribution in [0.4, 0.5) is 0 Å². The number of hydrogen-bond donors (Lipinski definition) is 0. The maximum atomic E-state index is 10.5. The third-order valence-electron chi connectivity index (χ3n) is 3.30. The molecular weight excluding hydrogens is 236 g/mol. The van der Waals surface area contributed by atoms with Gasteiger partial charge in [0.05, 0.1) is 0 Å². The molecule has 0 aliphatic rings. The van der Waals surface area contributed by atoms with E-state index < -0.39 is 0 Å². The average Bonchev–Trinajstić information content (AvgIpc) is 2.45. The minimum Gasteiger partial charge on any atom is -0.463 e. The van der Waals surface area contributed by atoms with E-state index in [1.807, 2.05) is 25.1 Å². The van der Waals surface area contributed by atoms with E-state index in [-0.39, 0.29) is 0 Å². The molecule has 0 aliphatic carbocycles. The summed E-state index contributed by atoms with van der Waals surface area (Å²) >= 11 is 0. The van der Waals surface area contributed by atoms with Gasteiger partial charge in [-0.3, -0.25) is 4.79 Å². The highest BCUT2D eigenvalue weighted by molar-refractivity contribution is 5.90. The molecule has 0 heterocycles. The van der Waals surface area contributed by atoms with Gasteiger partial charge in [0, 0.05) is 5.56 Å². The van der Waals surface area contributed by atoms with Crippen molar-refractivity contribution < 1.29 is 9.53 Å². The Morgan fingerprint density at radius 3 is 2.74 bits per heavy atom. The monoisotopic (exact) mass is 254 g/mol. The predicted octanol–water partition coefficient (Wildman–Crippen LogP) is 4.11. The molecule has 0 bridgehead atoms. The molecule has 0 saturated heterocycles. The average molecular weight is 254 g/mol. The summed E-state index contributed by atoms with van der Waals surface area (Å²) in [5.74, 6) is 0. The molecule has 2 aromatic carbocycles. The van der Waals surface area contributed by atoms with Crippen molar-refractivity contribution in [3.8, 4) is 0 Å². The molecule has 0 aliphatic heterocycles. The second kappa shape index (κ2) is 6.19. The van der Waals surface area contributed by atoms with E-state index in [1.54, 1.807) is 0 Å². The van der Waals surface area contributed by atoms with Gasteiger partial charge < -0.3 is 4.74 Å². The lowest BCUT2D eigenvalue weighted by Crippen LogP contribution is -1.99. The summed E-state index contributed by atoms with van der Waals surface area (Å²) in [7, 11) is 0. The summed E-state index contributed by atoms with van der Waals surface area (Å²) in [5.41, 5.74) is 3.53. The molecule has 2 heteroatoms. The highest BCUT2D eigenvalue weighted by atomic mass is 16.5. The van der Waals surface area contributed by atoms with E-state index in [9.17, 15) is 4.79 Å². The van der Waals surface area contributed by atoms with E-state index in [1.165, 1.54) is 16.5 Å². The SMILES string of the molecule is C/C=C\c1c(CC)cc2ccccc2c1COC=O. The second-order valence-electron chi connectivity index (χ2n) is 4.41. The molecule has 0 saturated carbocycles. The Kier molecular flexibility index (Phi) is 4.35. The smallest absolute Gasteiger partial charge is 0.293 e. The molecule has 2 aromatic rings. The first-order chi connectivity index (χ1) is 9.31. The minimum atomic E-state index is 0.317. The molecule has 0 spiro atoms. The van der Waals surface area contributed by atoms with Gasteiger partial charge in [-0.15, -0.1) is 0 Å². The Hall–Kier alpha value is -2.09. The second-order valence-corrected chi connectivity index (χ2v) is 4.41. The fourth-order valence-corrected chi connectivity index (χ4v) is 2.44. The fraction of sp³-hybridized carbons (Fsp3) is 0.235. The zero-order valence-corrected chi connectivity index (χ0v) is 11.3. The number of carbonyl (C=O) groups excluding carboxylic acids is 1. The molecule has 0 atom stereocenters. The van der Waals surface area contributed by atoms with Crippen LogP contribution in [0.3, 0.4) is 0 Å². The summed E-state index contributed by atoms with van der Waals surface area (Å²) in [5, 5.41) is 2.34. The largest absolute Gasteiger partial charge is 0.463 e. The maximum Gasteiger partial charge on any atom is 0.293 e. The van der Waals surface area contributed by atoms with E-state index in [2.05, 4.69) is 31.2 Å². The van der Waals surface area contributed by atoms with Gasteiger partial charge in [-0.1, -0.05) is 49.4 Å². The van der Waals surface area contributed by atoms with Crippen LogP contribution in [0.15, 0.2) is 36.4 Å². The summed E-state index contributed by atoms with van der Waals surface area (Å²) in [4.78, 5) is 10.5. The normalized spacial score (nSPS) is 11.1. The van der Waals surface area contributed by atoms with Crippen LogP contribution in [-0.4, -0.2) is 6.47 Å². The Morgan fingerprint density at radius 2 is 2.05 bits per heavy atom. The Morgan fingerprint density at radius 1 is 1.26 bits per heavy atom. The summed E-state index contributed by atoms with van der Waals surface area (Å²) in [6.07, 6.45) is 5.07. The van der Waals surface area contributed by atoms with Crippen molar-refractivity contribution in [1.82, 2.24) is 0 Å². The number of rotatable bonds is 5. The van der Waals surface area contributed by atoms with Crippen LogP contribution in [0.5, 0.6) is 0 Å². The number of ether oxygens (including phenoxy) is 1. The molecular formula is C17H18O2. The third kappa shape index (κ3) is 2.68. The summed E-state index contributed by atoms with van der Waals surface area (Å²) in [6, 6.07) is 10.4. The molecule has 2 nitrogen and oxygen atoms in total. The van der Waals surface area contributed by atoms with Crippen LogP contribution >= 0.6 is 0 Å². The van der Waals surface area contributed by atoms with Crippen LogP contribution in [0.25, 0.3) is 16.8 Å². The van der Waals surface area contributed by atoms with Crippen LogP contribution in [0.1, 0.15) is 30.5 Å². The van der Waals surface area contributed by atoms with Crippen molar-refractivity contribution in [2.75, 3.05) is 0 Å². The number of allylic oxidation sites excluding steroid dienone is 1.